The normalized spacial score (nSPS) is 17.3. The fraction of sp³-hybridized carbons (Fsp3) is 0.583. The molecule has 0 radical (unpaired) electrons. The summed E-state index contributed by atoms with van der Waals surface area (Å²) >= 11 is 0. The van der Waals surface area contributed by atoms with Crippen LogP contribution in [0, 0.1) is 10.1 Å². The number of hydrogen-bond acceptors (Lipinski definition) is 5. The van der Waals surface area contributed by atoms with Crippen LogP contribution in [0.3, 0.4) is 0 Å². The molecule has 98 valence electrons. The topological polar surface area (TPSA) is 71.3 Å². The summed E-state index contributed by atoms with van der Waals surface area (Å²) in [5, 5.41) is 14.0. The molecule has 0 bridgehead atoms. The molecule has 0 spiro atoms. The van der Waals surface area contributed by atoms with Gasteiger partial charge in [-0.25, -0.2) is 4.98 Å². The highest BCUT2D eigenvalue weighted by Crippen LogP contribution is 2.36. The Balaban J connectivity index is 2.08. The predicted molar refractivity (Wildman–Crippen MR) is 69.7 cm³/mol. The summed E-state index contributed by atoms with van der Waals surface area (Å²) in [6, 6.07) is 3.05. The minimum absolute atomic E-state index is 0.0331. The number of nitrogens with zero attached hydrogens (tertiary/aromatic N) is 3. The number of anilines is 1. The Kier molecular flexibility index (Phi) is 3.47. The minimum atomic E-state index is -0.404. The fourth-order valence-corrected chi connectivity index (χ4v) is 2.30. The molecule has 6 heteroatoms. The number of nitrogens with one attached hydrogen (secondary N) is 1. The molecule has 1 N–H and O–H groups in total. The molecule has 1 fully saturated rings. The lowest BCUT2D eigenvalue weighted by molar-refractivity contribution is -0.384. The van der Waals surface area contributed by atoms with Gasteiger partial charge in [0.1, 0.15) is 0 Å². The van der Waals surface area contributed by atoms with E-state index in [0.29, 0.717) is 12.4 Å². The lowest BCUT2D eigenvalue weighted by Crippen LogP contribution is -2.54. The second-order valence-electron chi connectivity index (χ2n) is 4.95. The average Bonchev–Trinajstić information content (AvgIpc) is 2.27. The van der Waals surface area contributed by atoms with Crippen molar-refractivity contribution in [3.63, 3.8) is 0 Å². The SMILES string of the molecule is CN(C)C1(CNc2ncccc2[N+](=O)[O-])CCC1. The molecule has 1 saturated carbocycles. The first-order valence-electron chi connectivity index (χ1n) is 6.06. The zero-order chi connectivity index (χ0) is 13.2. The molecule has 1 aliphatic carbocycles. The third-order valence-electron chi connectivity index (χ3n) is 3.80. The Bertz CT molecular complexity index is 443. The standard InChI is InChI=1S/C12H18N4O2/c1-15(2)12(6-4-7-12)9-14-11-10(16(17)18)5-3-8-13-11/h3,5,8H,4,6-7,9H2,1-2H3,(H,13,14). The van der Waals surface area contributed by atoms with Crippen LogP contribution in [0.15, 0.2) is 18.3 Å². The van der Waals surface area contributed by atoms with Gasteiger partial charge in [0.2, 0.25) is 5.82 Å². The summed E-state index contributed by atoms with van der Waals surface area (Å²) < 4.78 is 0. The Labute approximate surface area is 106 Å². The molecule has 0 saturated heterocycles. The second-order valence-corrected chi connectivity index (χ2v) is 4.95. The third-order valence-corrected chi connectivity index (χ3v) is 3.80. The van der Waals surface area contributed by atoms with E-state index in [9.17, 15) is 10.1 Å². The molecule has 0 amide bonds. The number of pyridine rings is 1. The molecule has 1 heterocycles. The molecule has 1 aliphatic rings. The Morgan fingerprint density at radius 1 is 1.56 bits per heavy atom. The molecule has 0 aromatic carbocycles. The molecular formula is C12H18N4O2. The number of nitro groups is 1. The van der Waals surface area contributed by atoms with Crippen LogP contribution in [0.25, 0.3) is 0 Å². The Morgan fingerprint density at radius 3 is 2.78 bits per heavy atom. The highest BCUT2D eigenvalue weighted by atomic mass is 16.6. The van der Waals surface area contributed by atoms with Gasteiger partial charge in [0.25, 0.3) is 0 Å². The number of rotatable bonds is 5. The maximum Gasteiger partial charge on any atom is 0.311 e. The first-order chi connectivity index (χ1) is 8.55. The van der Waals surface area contributed by atoms with Gasteiger partial charge >= 0.3 is 5.69 Å². The maximum atomic E-state index is 10.9. The lowest BCUT2D eigenvalue weighted by atomic mass is 9.75. The van der Waals surface area contributed by atoms with E-state index < -0.39 is 4.92 Å². The molecule has 2 rings (SSSR count). The van der Waals surface area contributed by atoms with Crippen LogP contribution in [-0.2, 0) is 0 Å². The van der Waals surface area contributed by atoms with E-state index in [1.54, 1.807) is 12.3 Å². The van der Waals surface area contributed by atoms with Gasteiger partial charge in [-0.3, -0.25) is 10.1 Å². The largest absolute Gasteiger partial charge is 0.362 e. The molecule has 0 unspecified atom stereocenters. The first kappa shape index (κ1) is 12.8. The van der Waals surface area contributed by atoms with E-state index in [1.165, 1.54) is 12.5 Å². The van der Waals surface area contributed by atoms with E-state index in [2.05, 4.69) is 15.2 Å². The highest BCUT2D eigenvalue weighted by molar-refractivity contribution is 5.55. The van der Waals surface area contributed by atoms with Crippen molar-refractivity contribution >= 4 is 11.5 Å². The third kappa shape index (κ3) is 2.28. The van der Waals surface area contributed by atoms with Gasteiger partial charge in [0.15, 0.2) is 0 Å². The van der Waals surface area contributed by atoms with Crippen LogP contribution in [0.1, 0.15) is 19.3 Å². The van der Waals surface area contributed by atoms with Crippen LogP contribution in [-0.4, -0.2) is 41.0 Å². The van der Waals surface area contributed by atoms with Gasteiger partial charge in [-0.15, -0.1) is 0 Å². The van der Waals surface area contributed by atoms with E-state index >= 15 is 0 Å². The molecule has 0 atom stereocenters. The van der Waals surface area contributed by atoms with E-state index in [0.717, 1.165) is 12.8 Å². The summed E-state index contributed by atoms with van der Waals surface area (Å²) in [7, 11) is 4.10. The molecule has 1 aromatic rings. The summed E-state index contributed by atoms with van der Waals surface area (Å²) in [6.45, 7) is 0.692. The number of aromatic nitrogens is 1. The van der Waals surface area contributed by atoms with Gasteiger partial charge in [-0.1, -0.05) is 0 Å². The molecule has 18 heavy (non-hydrogen) atoms. The zero-order valence-corrected chi connectivity index (χ0v) is 10.7. The summed E-state index contributed by atoms with van der Waals surface area (Å²) in [6.07, 6.45) is 5.02. The lowest BCUT2D eigenvalue weighted by Gasteiger charge is -2.47. The van der Waals surface area contributed by atoms with Crippen molar-refractivity contribution in [2.75, 3.05) is 26.0 Å². The highest BCUT2D eigenvalue weighted by Gasteiger charge is 2.39. The van der Waals surface area contributed by atoms with Crippen LogP contribution in [0.4, 0.5) is 11.5 Å². The van der Waals surface area contributed by atoms with E-state index in [1.807, 2.05) is 14.1 Å². The molecule has 0 aliphatic heterocycles. The van der Waals surface area contributed by atoms with Crippen LogP contribution in [0.2, 0.25) is 0 Å². The number of hydrogen-bond donors (Lipinski definition) is 1. The summed E-state index contributed by atoms with van der Waals surface area (Å²) in [5.41, 5.74) is 0.150. The monoisotopic (exact) mass is 250 g/mol. The molecule has 6 nitrogen and oxygen atoms in total. The quantitative estimate of drug-likeness (QED) is 0.638. The van der Waals surface area contributed by atoms with Crippen LogP contribution >= 0.6 is 0 Å². The average molecular weight is 250 g/mol. The van der Waals surface area contributed by atoms with Crippen LogP contribution < -0.4 is 5.32 Å². The molecule has 1 aromatic heterocycles. The van der Waals surface area contributed by atoms with Crippen molar-refractivity contribution in [2.45, 2.75) is 24.8 Å². The minimum Gasteiger partial charge on any atom is -0.362 e. The molecular weight excluding hydrogens is 232 g/mol. The van der Waals surface area contributed by atoms with Gasteiger partial charge in [-0.05, 0) is 39.4 Å². The van der Waals surface area contributed by atoms with Gasteiger partial charge in [0.05, 0.1) is 4.92 Å². The van der Waals surface area contributed by atoms with Gasteiger partial charge in [-0.2, -0.15) is 0 Å². The fourth-order valence-electron chi connectivity index (χ4n) is 2.30. The predicted octanol–water partition coefficient (Wildman–Crippen LogP) is 1.89. The van der Waals surface area contributed by atoms with Crippen LogP contribution in [0.5, 0.6) is 0 Å². The zero-order valence-electron chi connectivity index (χ0n) is 10.7. The smallest absolute Gasteiger partial charge is 0.311 e. The maximum absolute atomic E-state index is 10.9. The van der Waals surface area contributed by atoms with Gasteiger partial charge in [0, 0.05) is 24.3 Å². The second kappa shape index (κ2) is 4.89. The van der Waals surface area contributed by atoms with Crippen molar-refractivity contribution in [1.29, 1.82) is 0 Å². The summed E-state index contributed by atoms with van der Waals surface area (Å²) in [4.78, 5) is 16.7. The van der Waals surface area contributed by atoms with Crippen molar-refractivity contribution < 1.29 is 4.92 Å². The summed E-state index contributed by atoms with van der Waals surface area (Å²) in [5.74, 6) is 0.357. The van der Waals surface area contributed by atoms with Crippen molar-refractivity contribution in [3.05, 3.63) is 28.4 Å². The van der Waals surface area contributed by atoms with E-state index in [4.69, 9.17) is 0 Å². The van der Waals surface area contributed by atoms with Gasteiger partial charge < -0.3 is 10.2 Å². The van der Waals surface area contributed by atoms with Crippen molar-refractivity contribution in [2.24, 2.45) is 0 Å². The Morgan fingerprint density at radius 2 is 2.28 bits per heavy atom. The number of likely N-dealkylation sites (N-methyl/N-ethyl adjacent to an activating group) is 1. The van der Waals surface area contributed by atoms with Crippen molar-refractivity contribution in [1.82, 2.24) is 9.88 Å². The first-order valence-corrected chi connectivity index (χ1v) is 6.06. The van der Waals surface area contributed by atoms with Crippen molar-refractivity contribution in [3.8, 4) is 0 Å². The Hall–Kier alpha value is -1.69. The van der Waals surface area contributed by atoms with E-state index in [-0.39, 0.29) is 11.2 Å².